The largest absolute Gasteiger partial charge is 0.400 e. The molecule has 2 aliphatic rings. The summed E-state index contributed by atoms with van der Waals surface area (Å²) in [5.41, 5.74) is 1.98. The van der Waals surface area contributed by atoms with E-state index < -0.39 is 5.97 Å². The fraction of sp³-hybridized carbons (Fsp3) is 0.188. The molecule has 2 aliphatic heterocycles. The summed E-state index contributed by atoms with van der Waals surface area (Å²) in [6.45, 7) is 0.743. The fourth-order valence-corrected chi connectivity index (χ4v) is 2.65. The predicted octanol–water partition coefficient (Wildman–Crippen LogP) is 1.85. The van der Waals surface area contributed by atoms with Crippen LogP contribution in [0.1, 0.15) is 29.0 Å². The van der Waals surface area contributed by atoms with E-state index in [0.29, 0.717) is 17.8 Å². The highest BCUT2D eigenvalue weighted by atomic mass is 16.5. The van der Waals surface area contributed by atoms with Crippen molar-refractivity contribution in [1.82, 2.24) is 9.97 Å². The first-order chi connectivity index (χ1) is 11.2. The van der Waals surface area contributed by atoms with Gasteiger partial charge in [-0.25, -0.2) is 19.8 Å². The molecule has 2 aromatic rings. The maximum atomic E-state index is 11.7. The molecule has 1 fully saturated rings. The van der Waals surface area contributed by atoms with Crippen LogP contribution in [0.15, 0.2) is 41.7 Å². The molecule has 0 aliphatic carbocycles. The van der Waals surface area contributed by atoms with Crippen molar-refractivity contribution in [2.75, 3.05) is 11.4 Å². The van der Waals surface area contributed by atoms with E-state index >= 15 is 0 Å². The molecule has 0 N–H and O–H groups in total. The Morgan fingerprint density at radius 2 is 1.78 bits per heavy atom. The Balaban J connectivity index is 1.63. The minimum atomic E-state index is -0.550. The maximum absolute atomic E-state index is 11.7. The van der Waals surface area contributed by atoms with Gasteiger partial charge >= 0.3 is 5.97 Å². The molecule has 3 heterocycles. The highest BCUT2D eigenvalue weighted by Gasteiger charge is 2.30. The molecule has 4 rings (SSSR count). The number of hydrogen-bond donors (Lipinski definition) is 0. The highest BCUT2D eigenvalue weighted by molar-refractivity contribution is 6.15. The molecule has 1 saturated heterocycles. The monoisotopic (exact) mass is 308 g/mol. The molecule has 0 unspecified atom stereocenters. The molecular weight excluding hydrogens is 296 g/mol. The van der Waals surface area contributed by atoms with Gasteiger partial charge in [0.1, 0.15) is 0 Å². The average molecular weight is 308 g/mol. The third kappa shape index (κ3) is 2.36. The number of carbonyl (C=O) groups is 2. The van der Waals surface area contributed by atoms with Crippen molar-refractivity contribution in [3.05, 3.63) is 48.0 Å². The van der Waals surface area contributed by atoms with Gasteiger partial charge in [-0.3, -0.25) is 4.79 Å². The van der Waals surface area contributed by atoms with Crippen LogP contribution in [-0.4, -0.2) is 34.3 Å². The van der Waals surface area contributed by atoms with Crippen molar-refractivity contribution in [3.63, 3.8) is 0 Å². The number of fused-ring (bicyclic) bond motifs is 1. The van der Waals surface area contributed by atoms with Gasteiger partial charge in [-0.1, -0.05) is 0 Å². The Morgan fingerprint density at radius 1 is 1.04 bits per heavy atom. The third-order valence-electron chi connectivity index (χ3n) is 3.75. The number of anilines is 1. The van der Waals surface area contributed by atoms with Crippen molar-refractivity contribution in [3.8, 4) is 0 Å². The third-order valence-corrected chi connectivity index (χ3v) is 3.75. The summed E-state index contributed by atoms with van der Waals surface area (Å²) >= 11 is 0. The van der Waals surface area contributed by atoms with Gasteiger partial charge in [0.2, 0.25) is 5.91 Å². The van der Waals surface area contributed by atoms with Gasteiger partial charge in [0.25, 0.3) is 5.90 Å². The van der Waals surface area contributed by atoms with E-state index in [1.807, 2.05) is 12.1 Å². The van der Waals surface area contributed by atoms with Gasteiger partial charge < -0.3 is 9.64 Å². The predicted molar refractivity (Wildman–Crippen MR) is 81.7 cm³/mol. The van der Waals surface area contributed by atoms with E-state index in [-0.39, 0.29) is 17.5 Å². The van der Waals surface area contributed by atoms with Gasteiger partial charge in [-0.2, -0.15) is 0 Å². The lowest BCUT2D eigenvalue weighted by atomic mass is 10.2. The molecule has 0 radical (unpaired) electrons. The van der Waals surface area contributed by atoms with E-state index in [9.17, 15) is 9.59 Å². The number of carbonyl (C=O) groups excluding carboxylic acids is 2. The van der Waals surface area contributed by atoms with Crippen LogP contribution in [0.3, 0.4) is 0 Å². The molecule has 1 amide bonds. The van der Waals surface area contributed by atoms with Gasteiger partial charge in [0, 0.05) is 31.0 Å². The molecule has 1 aromatic heterocycles. The average Bonchev–Trinajstić information content (AvgIpc) is 3.13. The molecule has 1 aromatic carbocycles. The first-order valence-corrected chi connectivity index (χ1v) is 7.25. The van der Waals surface area contributed by atoms with Gasteiger partial charge in [-0.05, 0) is 30.7 Å². The number of benzene rings is 1. The number of cyclic esters (lactones) is 1. The number of hydrogen-bond acceptors (Lipinski definition) is 6. The van der Waals surface area contributed by atoms with Gasteiger partial charge in [-0.15, -0.1) is 0 Å². The molecule has 7 heteroatoms. The number of rotatable bonds is 2. The fourth-order valence-electron chi connectivity index (χ4n) is 2.65. The van der Waals surface area contributed by atoms with E-state index in [4.69, 9.17) is 4.74 Å². The Labute approximate surface area is 131 Å². The number of esters is 1. The standard InChI is InChI=1S/C16H12N4O3/c21-12-2-1-9-20(12)11-5-3-10(4-6-11)19-15-13-14(16(22)23-15)18-8-7-17-13/h3-8H,1-2,9H2/b19-15+. The van der Waals surface area contributed by atoms with Crippen LogP contribution in [0.4, 0.5) is 11.4 Å². The normalized spacial score (nSPS) is 18.4. The maximum Gasteiger partial charge on any atom is 0.366 e. The zero-order valence-electron chi connectivity index (χ0n) is 12.1. The summed E-state index contributed by atoms with van der Waals surface area (Å²) < 4.78 is 5.10. The minimum absolute atomic E-state index is 0.137. The first-order valence-electron chi connectivity index (χ1n) is 7.25. The van der Waals surface area contributed by atoms with Crippen molar-refractivity contribution in [2.45, 2.75) is 12.8 Å². The van der Waals surface area contributed by atoms with Crippen molar-refractivity contribution < 1.29 is 14.3 Å². The molecule has 23 heavy (non-hydrogen) atoms. The van der Waals surface area contributed by atoms with Crippen molar-refractivity contribution in [2.24, 2.45) is 4.99 Å². The molecule has 7 nitrogen and oxygen atoms in total. The second-order valence-corrected chi connectivity index (χ2v) is 5.23. The van der Waals surface area contributed by atoms with E-state index in [0.717, 1.165) is 18.7 Å². The number of amides is 1. The molecule has 0 bridgehead atoms. The molecule has 0 atom stereocenters. The zero-order chi connectivity index (χ0) is 15.8. The van der Waals surface area contributed by atoms with E-state index in [1.165, 1.54) is 12.4 Å². The first kappa shape index (κ1) is 13.6. The Hall–Kier alpha value is -3.09. The Kier molecular flexibility index (Phi) is 3.11. The smallest absolute Gasteiger partial charge is 0.366 e. The molecule has 0 spiro atoms. The number of nitrogens with zero attached hydrogens (tertiary/aromatic N) is 4. The lowest BCUT2D eigenvalue weighted by Crippen LogP contribution is -2.23. The summed E-state index contributed by atoms with van der Waals surface area (Å²) in [5, 5.41) is 0. The summed E-state index contributed by atoms with van der Waals surface area (Å²) in [5.74, 6) is -0.271. The quantitative estimate of drug-likeness (QED) is 0.790. The van der Waals surface area contributed by atoms with Crippen LogP contribution in [0, 0.1) is 0 Å². The van der Waals surface area contributed by atoms with Crippen LogP contribution >= 0.6 is 0 Å². The summed E-state index contributed by atoms with van der Waals surface area (Å²) in [7, 11) is 0. The van der Waals surface area contributed by atoms with Gasteiger partial charge in [0.15, 0.2) is 11.4 Å². The number of aliphatic imine (C=N–C) groups is 1. The van der Waals surface area contributed by atoms with E-state index in [1.54, 1.807) is 17.0 Å². The van der Waals surface area contributed by atoms with Crippen LogP contribution in [0.5, 0.6) is 0 Å². The number of aromatic nitrogens is 2. The van der Waals surface area contributed by atoms with Crippen molar-refractivity contribution >= 4 is 29.1 Å². The second kappa shape index (κ2) is 5.28. The minimum Gasteiger partial charge on any atom is -0.400 e. The summed E-state index contributed by atoms with van der Waals surface area (Å²) in [6.07, 6.45) is 4.40. The topological polar surface area (TPSA) is 84.8 Å². The Morgan fingerprint density at radius 3 is 2.48 bits per heavy atom. The van der Waals surface area contributed by atoms with Crippen LogP contribution in [-0.2, 0) is 9.53 Å². The molecule has 0 saturated carbocycles. The van der Waals surface area contributed by atoms with Crippen LogP contribution < -0.4 is 4.90 Å². The summed E-state index contributed by atoms with van der Waals surface area (Å²) in [6, 6.07) is 7.21. The molecular formula is C16H12N4O3. The lowest BCUT2D eigenvalue weighted by Gasteiger charge is -2.15. The summed E-state index contributed by atoms with van der Waals surface area (Å²) in [4.78, 5) is 37.5. The van der Waals surface area contributed by atoms with Gasteiger partial charge in [0.05, 0.1) is 5.69 Å². The van der Waals surface area contributed by atoms with Crippen molar-refractivity contribution in [1.29, 1.82) is 0 Å². The van der Waals surface area contributed by atoms with E-state index in [2.05, 4.69) is 15.0 Å². The van der Waals surface area contributed by atoms with Crippen LogP contribution in [0.2, 0.25) is 0 Å². The zero-order valence-corrected chi connectivity index (χ0v) is 12.1. The van der Waals surface area contributed by atoms with Crippen LogP contribution in [0.25, 0.3) is 0 Å². The second-order valence-electron chi connectivity index (χ2n) is 5.23. The molecule has 114 valence electrons. The lowest BCUT2D eigenvalue weighted by molar-refractivity contribution is -0.117. The SMILES string of the molecule is O=C1O/C(=N/c2ccc(N3CCCC3=O)cc2)c2nccnc21. The number of ether oxygens (including phenoxy) is 1. The highest BCUT2D eigenvalue weighted by Crippen LogP contribution is 2.25. The Bertz CT molecular complexity index is 829.